The van der Waals surface area contributed by atoms with Gasteiger partial charge in [0.25, 0.3) is 0 Å². The summed E-state index contributed by atoms with van der Waals surface area (Å²) >= 11 is 0. The third kappa shape index (κ3) is 6.48. The van der Waals surface area contributed by atoms with Crippen LogP contribution in [0.15, 0.2) is 12.1 Å². The molecule has 24 heavy (non-hydrogen) atoms. The van der Waals surface area contributed by atoms with E-state index in [0.29, 0.717) is 30.1 Å². The second kappa shape index (κ2) is 10.8. The minimum absolute atomic E-state index is 0.301. The minimum atomic E-state index is -0.682. The van der Waals surface area contributed by atoms with Crippen LogP contribution in [-0.2, 0) is 13.0 Å². The van der Waals surface area contributed by atoms with Gasteiger partial charge in [0, 0.05) is 18.2 Å². The van der Waals surface area contributed by atoms with Gasteiger partial charge in [0.1, 0.15) is 0 Å². The molecule has 1 aromatic carbocycles. The second-order valence-corrected chi connectivity index (χ2v) is 6.97. The highest BCUT2D eigenvalue weighted by atomic mass is 19.2. The number of halogens is 2. The predicted octanol–water partition coefficient (Wildman–Crippen LogP) is 4.86. The van der Waals surface area contributed by atoms with E-state index in [4.69, 9.17) is 0 Å². The summed E-state index contributed by atoms with van der Waals surface area (Å²) in [6.45, 7) is 12.0. The Bertz CT molecular complexity index is 483. The zero-order valence-corrected chi connectivity index (χ0v) is 16.0. The van der Waals surface area contributed by atoms with Gasteiger partial charge >= 0.3 is 0 Å². The van der Waals surface area contributed by atoms with Gasteiger partial charge in [0.15, 0.2) is 11.6 Å². The van der Waals surface area contributed by atoms with E-state index in [1.54, 1.807) is 12.1 Å². The molecule has 0 atom stereocenters. The van der Waals surface area contributed by atoms with E-state index in [2.05, 4.69) is 18.7 Å². The van der Waals surface area contributed by atoms with Gasteiger partial charge in [0.2, 0.25) is 0 Å². The maximum atomic E-state index is 14.3. The molecule has 0 spiro atoms. The van der Waals surface area contributed by atoms with Crippen LogP contribution in [0.1, 0.15) is 58.1 Å². The maximum Gasteiger partial charge on any atom is 0.163 e. The van der Waals surface area contributed by atoms with Crippen molar-refractivity contribution in [1.29, 1.82) is 0 Å². The molecule has 0 fully saturated rings. The summed E-state index contributed by atoms with van der Waals surface area (Å²) in [6.07, 6.45) is 3.71. The van der Waals surface area contributed by atoms with Crippen LogP contribution in [0.25, 0.3) is 0 Å². The van der Waals surface area contributed by atoms with E-state index < -0.39 is 11.6 Å². The zero-order chi connectivity index (χ0) is 18.1. The summed E-state index contributed by atoms with van der Waals surface area (Å²) in [5.41, 5.74) is 0.933. The van der Waals surface area contributed by atoms with Gasteiger partial charge in [-0.05, 0) is 71.8 Å². The number of nitrogens with zero attached hydrogens (tertiary/aromatic N) is 2. The zero-order valence-electron chi connectivity index (χ0n) is 16.0. The van der Waals surface area contributed by atoms with Crippen molar-refractivity contribution in [3.05, 3.63) is 34.9 Å². The first-order valence-corrected chi connectivity index (χ1v) is 9.28. The van der Waals surface area contributed by atoms with Crippen LogP contribution in [0.3, 0.4) is 0 Å². The average molecular weight is 341 g/mol. The molecule has 0 aliphatic heterocycles. The molecular formula is C20H34F2N2. The van der Waals surface area contributed by atoms with Crippen molar-refractivity contribution in [3.63, 3.8) is 0 Å². The molecule has 0 aromatic heterocycles. The fourth-order valence-electron chi connectivity index (χ4n) is 2.86. The third-order valence-electron chi connectivity index (χ3n) is 4.54. The number of hydrogen-bond donors (Lipinski definition) is 0. The van der Waals surface area contributed by atoms with E-state index in [-0.39, 0.29) is 0 Å². The van der Waals surface area contributed by atoms with Crippen LogP contribution in [0.2, 0.25) is 0 Å². The molecule has 1 aromatic rings. The Morgan fingerprint density at radius 2 is 1.46 bits per heavy atom. The highest BCUT2D eigenvalue weighted by Gasteiger charge is 2.15. The summed E-state index contributed by atoms with van der Waals surface area (Å²) < 4.78 is 28.6. The molecule has 1 rings (SSSR count). The molecule has 0 heterocycles. The van der Waals surface area contributed by atoms with Crippen LogP contribution in [0.5, 0.6) is 0 Å². The lowest BCUT2D eigenvalue weighted by Crippen LogP contribution is -2.27. The Morgan fingerprint density at radius 3 is 2.00 bits per heavy atom. The van der Waals surface area contributed by atoms with Crippen molar-refractivity contribution < 1.29 is 8.78 Å². The summed E-state index contributed by atoms with van der Waals surface area (Å²) in [5.74, 6) is -1.35. The first-order valence-electron chi connectivity index (χ1n) is 9.28. The minimum Gasteiger partial charge on any atom is -0.303 e. The van der Waals surface area contributed by atoms with Gasteiger partial charge in [-0.15, -0.1) is 0 Å². The molecule has 0 aliphatic rings. The van der Waals surface area contributed by atoms with Gasteiger partial charge < -0.3 is 4.90 Å². The van der Waals surface area contributed by atoms with Crippen molar-refractivity contribution in [1.82, 2.24) is 9.80 Å². The number of benzene rings is 1. The van der Waals surface area contributed by atoms with Crippen molar-refractivity contribution >= 4 is 0 Å². The Morgan fingerprint density at radius 1 is 0.917 bits per heavy atom. The van der Waals surface area contributed by atoms with Gasteiger partial charge in [0.05, 0.1) is 0 Å². The lowest BCUT2D eigenvalue weighted by atomic mass is 10.0. The van der Waals surface area contributed by atoms with Crippen LogP contribution < -0.4 is 0 Å². The molecule has 0 unspecified atom stereocenters. The van der Waals surface area contributed by atoms with E-state index >= 15 is 0 Å². The molecule has 0 radical (unpaired) electrons. The standard InChI is InChI=1S/C20H34F2N2/c1-6-12-24(13-7-2)14-8-9-17-10-11-18(20(22)19(17)21)15-23(5)16(3)4/h10-11,16H,6-9,12-15H2,1-5H3. The summed E-state index contributed by atoms with van der Waals surface area (Å²) in [7, 11) is 1.92. The summed E-state index contributed by atoms with van der Waals surface area (Å²) in [6, 6.07) is 3.80. The third-order valence-corrected chi connectivity index (χ3v) is 4.54. The monoisotopic (exact) mass is 340 g/mol. The normalized spacial score (nSPS) is 11.9. The van der Waals surface area contributed by atoms with Gasteiger partial charge in [-0.1, -0.05) is 26.0 Å². The van der Waals surface area contributed by atoms with Crippen LogP contribution >= 0.6 is 0 Å². The fourth-order valence-corrected chi connectivity index (χ4v) is 2.86. The fraction of sp³-hybridized carbons (Fsp3) is 0.700. The molecule has 0 N–H and O–H groups in total. The topological polar surface area (TPSA) is 6.48 Å². The highest BCUT2D eigenvalue weighted by molar-refractivity contribution is 5.26. The molecule has 0 aliphatic carbocycles. The van der Waals surface area contributed by atoms with Crippen molar-refractivity contribution in [3.8, 4) is 0 Å². The number of hydrogen-bond acceptors (Lipinski definition) is 2. The smallest absolute Gasteiger partial charge is 0.163 e. The predicted molar refractivity (Wildman–Crippen MR) is 98.3 cm³/mol. The quantitative estimate of drug-likeness (QED) is 0.567. The van der Waals surface area contributed by atoms with Crippen molar-refractivity contribution in [2.24, 2.45) is 0 Å². The van der Waals surface area contributed by atoms with Crippen molar-refractivity contribution in [2.75, 3.05) is 26.7 Å². The van der Waals surface area contributed by atoms with Gasteiger partial charge in [-0.3, -0.25) is 4.90 Å². The molecule has 2 nitrogen and oxygen atoms in total. The molecule has 0 bridgehead atoms. The van der Waals surface area contributed by atoms with Crippen molar-refractivity contribution in [2.45, 2.75) is 66.0 Å². The molecule has 0 saturated heterocycles. The van der Waals surface area contributed by atoms with Crippen LogP contribution in [-0.4, -0.2) is 42.5 Å². The van der Waals surface area contributed by atoms with E-state index in [0.717, 1.165) is 38.9 Å². The van der Waals surface area contributed by atoms with E-state index in [9.17, 15) is 8.78 Å². The Balaban J connectivity index is 2.65. The lowest BCUT2D eigenvalue weighted by Gasteiger charge is -2.22. The van der Waals surface area contributed by atoms with E-state index in [1.165, 1.54) is 0 Å². The maximum absolute atomic E-state index is 14.3. The molecule has 0 amide bonds. The van der Waals surface area contributed by atoms with Gasteiger partial charge in [-0.2, -0.15) is 0 Å². The molecule has 4 heteroatoms. The summed E-state index contributed by atoms with van der Waals surface area (Å²) in [5, 5.41) is 0. The van der Waals surface area contributed by atoms with Crippen LogP contribution in [0, 0.1) is 11.6 Å². The van der Waals surface area contributed by atoms with Crippen LogP contribution in [0.4, 0.5) is 8.78 Å². The lowest BCUT2D eigenvalue weighted by molar-refractivity contribution is 0.260. The SMILES string of the molecule is CCCN(CCC)CCCc1ccc(CN(C)C(C)C)c(F)c1F. The second-order valence-electron chi connectivity index (χ2n) is 6.97. The molecular weight excluding hydrogens is 306 g/mol. The average Bonchev–Trinajstić information content (AvgIpc) is 2.54. The number of rotatable bonds is 11. The Kier molecular flexibility index (Phi) is 9.45. The van der Waals surface area contributed by atoms with E-state index in [1.807, 2.05) is 25.8 Å². The highest BCUT2D eigenvalue weighted by Crippen LogP contribution is 2.19. The summed E-state index contributed by atoms with van der Waals surface area (Å²) in [4.78, 5) is 4.41. The molecule has 138 valence electrons. The van der Waals surface area contributed by atoms with Gasteiger partial charge in [-0.25, -0.2) is 8.78 Å². The molecule has 0 saturated carbocycles. The Labute approximate surface area is 146 Å². The Hall–Kier alpha value is -1.00. The first kappa shape index (κ1) is 21.0. The largest absolute Gasteiger partial charge is 0.303 e. The first-order chi connectivity index (χ1) is 11.4. The number of aryl methyl sites for hydroxylation is 1.